The van der Waals surface area contributed by atoms with Crippen molar-refractivity contribution in [3.63, 3.8) is 0 Å². The predicted molar refractivity (Wildman–Crippen MR) is 107 cm³/mol. The second-order valence-corrected chi connectivity index (χ2v) is 7.31. The summed E-state index contributed by atoms with van der Waals surface area (Å²) in [5.74, 6) is -0.336. The molecule has 0 aromatic heterocycles. The van der Waals surface area contributed by atoms with E-state index in [0.29, 0.717) is 23.7 Å². The average Bonchev–Trinajstić information content (AvgIpc) is 3.15. The first-order valence-electron chi connectivity index (χ1n) is 9.30. The summed E-state index contributed by atoms with van der Waals surface area (Å²) in [5, 5.41) is 6.67. The Kier molecular flexibility index (Phi) is 6.83. The molecule has 1 unspecified atom stereocenters. The van der Waals surface area contributed by atoms with Gasteiger partial charge in [0.1, 0.15) is 5.82 Å². The van der Waals surface area contributed by atoms with Crippen molar-refractivity contribution in [2.24, 2.45) is 0 Å². The number of nitrogens with zero attached hydrogens (tertiary/aromatic N) is 1. The summed E-state index contributed by atoms with van der Waals surface area (Å²) in [6.45, 7) is 4.69. The molecule has 0 aliphatic carbocycles. The molecule has 1 aliphatic rings. The van der Waals surface area contributed by atoms with Crippen molar-refractivity contribution in [2.75, 3.05) is 25.0 Å². The third-order valence-corrected chi connectivity index (χ3v) is 5.19. The Morgan fingerprint density at radius 3 is 2.52 bits per heavy atom. The Morgan fingerprint density at radius 2 is 1.89 bits per heavy atom. The van der Waals surface area contributed by atoms with Crippen LogP contribution in [0.4, 0.5) is 10.1 Å². The summed E-state index contributed by atoms with van der Waals surface area (Å²) in [6, 6.07) is 12.5. The van der Waals surface area contributed by atoms with Crippen LogP contribution in [0.2, 0.25) is 5.02 Å². The maximum absolute atomic E-state index is 14.5. The SMILES string of the molecule is CC(=O)Nc1ccc(CNCC(c2c(F)cccc2Cl)N2CCCC2)cc1. The maximum Gasteiger partial charge on any atom is 0.221 e. The normalized spacial score (nSPS) is 15.7. The number of halogens is 2. The van der Waals surface area contributed by atoms with Crippen molar-refractivity contribution < 1.29 is 9.18 Å². The molecule has 1 aliphatic heterocycles. The molecular weight excluding hydrogens is 365 g/mol. The second-order valence-electron chi connectivity index (χ2n) is 6.90. The molecular formula is C21H25ClFN3O. The minimum atomic E-state index is -0.249. The number of likely N-dealkylation sites (tertiary alicyclic amines) is 1. The van der Waals surface area contributed by atoms with Gasteiger partial charge in [-0.05, 0) is 55.8 Å². The third kappa shape index (κ3) is 5.28. The Bertz CT molecular complexity index is 755. The number of amides is 1. The summed E-state index contributed by atoms with van der Waals surface area (Å²) in [5.41, 5.74) is 2.46. The highest BCUT2D eigenvalue weighted by Crippen LogP contribution is 2.32. The predicted octanol–water partition coefficient (Wildman–Crippen LogP) is 4.36. The van der Waals surface area contributed by atoms with Crippen LogP contribution in [0, 0.1) is 5.82 Å². The molecule has 2 aromatic carbocycles. The number of anilines is 1. The maximum atomic E-state index is 14.5. The van der Waals surface area contributed by atoms with E-state index in [2.05, 4.69) is 15.5 Å². The van der Waals surface area contributed by atoms with E-state index in [1.807, 2.05) is 24.3 Å². The molecule has 2 aromatic rings. The van der Waals surface area contributed by atoms with Crippen molar-refractivity contribution >= 4 is 23.2 Å². The quantitative estimate of drug-likeness (QED) is 0.739. The largest absolute Gasteiger partial charge is 0.326 e. The topological polar surface area (TPSA) is 44.4 Å². The molecule has 1 fully saturated rings. The van der Waals surface area contributed by atoms with Crippen molar-refractivity contribution in [1.82, 2.24) is 10.2 Å². The van der Waals surface area contributed by atoms with Gasteiger partial charge in [0.2, 0.25) is 5.91 Å². The molecule has 0 spiro atoms. The van der Waals surface area contributed by atoms with Gasteiger partial charge in [0, 0.05) is 36.3 Å². The highest BCUT2D eigenvalue weighted by atomic mass is 35.5. The van der Waals surface area contributed by atoms with Crippen LogP contribution in [0.15, 0.2) is 42.5 Å². The van der Waals surface area contributed by atoms with Crippen LogP contribution >= 0.6 is 11.6 Å². The minimum Gasteiger partial charge on any atom is -0.326 e. The van der Waals surface area contributed by atoms with Crippen molar-refractivity contribution in [3.05, 3.63) is 64.4 Å². The molecule has 0 radical (unpaired) electrons. The van der Waals surface area contributed by atoms with Gasteiger partial charge in [-0.3, -0.25) is 9.69 Å². The fourth-order valence-electron chi connectivity index (χ4n) is 3.56. The van der Waals surface area contributed by atoms with Crippen molar-refractivity contribution in [3.8, 4) is 0 Å². The lowest BCUT2D eigenvalue weighted by Crippen LogP contribution is -2.34. The zero-order valence-electron chi connectivity index (χ0n) is 15.5. The Hall–Kier alpha value is -1.95. The molecule has 0 bridgehead atoms. The minimum absolute atomic E-state index is 0.0835. The van der Waals surface area contributed by atoms with Crippen LogP contribution < -0.4 is 10.6 Å². The van der Waals surface area contributed by atoms with Crippen LogP contribution in [0.25, 0.3) is 0 Å². The first-order valence-corrected chi connectivity index (χ1v) is 9.67. The van der Waals surface area contributed by atoms with Gasteiger partial charge in [-0.15, -0.1) is 0 Å². The number of carbonyl (C=O) groups is 1. The van der Waals surface area contributed by atoms with Crippen LogP contribution in [-0.2, 0) is 11.3 Å². The molecule has 6 heteroatoms. The van der Waals surface area contributed by atoms with Gasteiger partial charge in [0.25, 0.3) is 0 Å². The molecule has 3 rings (SSSR count). The van der Waals surface area contributed by atoms with Crippen LogP contribution in [-0.4, -0.2) is 30.4 Å². The van der Waals surface area contributed by atoms with Gasteiger partial charge in [0.15, 0.2) is 0 Å². The van der Waals surface area contributed by atoms with Crippen LogP contribution in [0.5, 0.6) is 0 Å². The van der Waals surface area contributed by atoms with E-state index in [1.165, 1.54) is 13.0 Å². The number of nitrogens with one attached hydrogen (secondary N) is 2. The van der Waals surface area contributed by atoms with E-state index in [9.17, 15) is 9.18 Å². The lowest BCUT2D eigenvalue weighted by atomic mass is 10.0. The van der Waals surface area contributed by atoms with Gasteiger partial charge >= 0.3 is 0 Å². The molecule has 4 nitrogen and oxygen atoms in total. The van der Waals surface area contributed by atoms with Gasteiger partial charge < -0.3 is 10.6 Å². The molecule has 2 N–H and O–H groups in total. The number of hydrogen-bond acceptors (Lipinski definition) is 3. The summed E-state index contributed by atoms with van der Waals surface area (Å²) in [4.78, 5) is 13.4. The summed E-state index contributed by atoms with van der Waals surface area (Å²) in [6.07, 6.45) is 2.26. The zero-order chi connectivity index (χ0) is 19.2. The van der Waals surface area contributed by atoms with Gasteiger partial charge in [-0.25, -0.2) is 4.39 Å². The lowest BCUT2D eigenvalue weighted by Gasteiger charge is -2.29. The first-order chi connectivity index (χ1) is 13.0. The zero-order valence-corrected chi connectivity index (χ0v) is 16.2. The van der Waals surface area contributed by atoms with E-state index in [1.54, 1.807) is 12.1 Å². The Labute approximate surface area is 164 Å². The third-order valence-electron chi connectivity index (χ3n) is 4.86. The van der Waals surface area contributed by atoms with E-state index in [-0.39, 0.29) is 17.8 Å². The molecule has 1 saturated heterocycles. The lowest BCUT2D eigenvalue weighted by molar-refractivity contribution is -0.114. The number of benzene rings is 2. The monoisotopic (exact) mass is 389 g/mol. The number of rotatable bonds is 7. The van der Waals surface area contributed by atoms with Crippen LogP contribution in [0.1, 0.15) is 36.9 Å². The standard InChI is InChI=1S/C21H25ClFN3O/c1-15(27)25-17-9-7-16(8-10-17)13-24-14-20(26-11-2-3-12-26)21-18(22)5-4-6-19(21)23/h4-10,20,24H,2-3,11-14H2,1H3,(H,25,27). The highest BCUT2D eigenvalue weighted by molar-refractivity contribution is 6.31. The number of carbonyl (C=O) groups excluding carboxylic acids is 1. The van der Waals surface area contributed by atoms with Gasteiger partial charge in [-0.1, -0.05) is 29.8 Å². The summed E-state index contributed by atoms with van der Waals surface area (Å²) in [7, 11) is 0. The second kappa shape index (κ2) is 9.31. The molecule has 1 atom stereocenters. The fraction of sp³-hybridized carbons (Fsp3) is 0.381. The fourth-order valence-corrected chi connectivity index (χ4v) is 3.85. The molecule has 1 heterocycles. The first kappa shape index (κ1) is 19.8. The van der Waals surface area contributed by atoms with Gasteiger partial charge in [-0.2, -0.15) is 0 Å². The summed E-state index contributed by atoms with van der Waals surface area (Å²) < 4.78 is 14.5. The molecule has 27 heavy (non-hydrogen) atoms. The van der Waals surface area contributed by atoms with E-state index in [0.717, 1.165) is 37.2 Å². The van der Waals surface area contributed by atoms with Crippen LogP contribution in [0.3, 0.4) is 0 Å². The smallest absolute Gasteiger partial charge is 0.221 e. The van der Waals surface area contributed by atoms with Crippen molar-refractivity contribution in [1.29, 1.82) is 0 Å². The Morgan fingerprint density at radius 1 is 1.19 bits per heavy atom. The van der Waals surface area contributed by atoms with Gasteiger partial charge in [0.05, 0.1) is 6.04 Å². The van der Waals surface area contributed by atoms with E-state index in [4.69, 9.17) is 11.6 Å². The number of hydrogen-bond donors (Lipinski definition) is 2. The summed E-state index contributed by atoms with van der Waals surface area (Å²) >= 11 is 6.33. The average molecular weight is 390 g/mol. The highest BCUT2D eigenvalue weighted by Gasteiger charge is 2.27. The Balaban J connectivity index is 1.66. The molecule has 1 amide bonds. The van der Waals surface area contributed by atoms with E-state index < -0.39 is 0 Å². The molecule has 144 valence electrons. The van der Waals surface area contributed by atoms with Crippen molar-refractivity contribution in [2.45, 2.75) is 32.4 Å². The van der Waals surface area contributed by atoms with E-state index >= 15 is 0 Å². The molecule has 0 saturated carbocycles.